The van der Waals surface area contributed by atoms with Gasteiger partial charge in [-0.15, -0.1) is 0 Å². The molecule has 1 saturated carbocycles. The lowest BCUT2D eigenvalue weighted by Crippen LogP contribution is -2.42. The number of halogens is 2. The summed E-state index contributed by atoms with van der Waals surface area (Å²) < 4.78 is 40.1. The zero-order chi connectivity index (χ0) is 19.2. The summed E-state index contributed by atoms with van der Waals surface area (Å²) in [7, 11) is 0.0502. The van der Waals surface area contributed by atoms with Crippen molar-refractivity contribution in [1.82, 2.24) is 20.1 Å². The van der Waals surface area contributed by atoms with Crippen LogP contribution in [0.25, 0.3) is 16.7 Å². The number of alkyl halides is 2. The van der Waals surface area contributed by atoms with Crippen LogP contribution >= 0.6 is 0 Å². The molecule has 4 rings (SSSR count). The molecule has 6 nitrogen and oxygen atoms in total. The first-order chi connectivity index (χ1) is 12.9. The minimum atomic E-state index is -2.70. The van der Waals surface area contributed by atoms with Gasteiger partial charge in [0.15, 0.2) is 5.65 Å². The molecule has 140 valence electrons. The number of fused-ring (bicyclic) bond motifs is 1. The topological polar surface area (TPSA) is 76.9 Å². The van der Waals surface area contributed by atoms with Gasteiger partial charge in [-0.3, -0.25) is 9.00 Å². The summed E-state index contributed by atoms with van der Waals surface area (Å²) in [5, 5.41) is 6.99. The van der Waals surface area contributed by atoms with Crippen LogP contribution in [0.4, 0.5) is 8.78 Å². The zero-order valence-electron chi connectivity index (χ0n) is 14.4. The summed E-state index contributed by atoms with van der Waals surface area (Å²) in [6.45, 7) is 0. The zero-order valence-corrected chi connectivity index (χ0v) is 15.2. The van der Waals surface area contributed by atoms with Crippen LogP contribution < -0.4 is 5.32 Å². The Morgan fingerprint density at radius 3 is 2.59 bits per heavy atom. The fraction of sp³-hybridized carbons (Fsp3) is 0.278. The summed E-state index contributed by atoms with van der Waals surface area (Å²) in [5.74, 6) is -2.89. The molecule has 0 aliphatic heterocycles. The van der Waals surface area contributed by atoms with Crippen molar-refractivity contribution in [3.8, 4) is 5.69 Å². The first kappa shape index (κ1) is 17.7. The van der Waals surface area contributed by atoms with E-state index < -0.39 is 22.0 Å². The van der Waals surface area contributed by atoms with Crippen LogP contribution in [0.3, 0.4) is 0 Å². The van der Waals surface area contributed by atoms with Gasteiger partial charge in [0.2, 0.25) is 0 Å². The van der Waals surface area contributed by atoms with Crippen LogP contribution in [0, 0.1) is 0 Å². The molecule has 2 aromatic heterocycles. The third kappa shape index (κ3) is 3.23. The van der Waals surface area contributed by atoms with Gasteiger partial charge in [0.1, 0.15) is 0 Å². The summed E-state index contributed by atoms with van der Waals surface area (Å²) in [6.07, 6.45) is 2.33. The number of benzene rings is 1. The van der Waals surface area contributed by atoms with Gasteiger partial charge < -0.3 is 5.32 Å². The highest BCUT2D eigenvalue weighted by atomic mass is 32.2. The van der Waals surface area contributed by atoms with Crippen LogP contribution in [0.15, 0.2) is 47.6 Å². The number of nitrogens with one attached hydrogen (secondary N) is 1. The Morgan fingerprint density at radius 1 is 1.26 bits per heavy atom. The molecule has 9 heteroatoms. The van der Waals surface area contributed by atoms with Gasteiger partial charge in [-0.2, -0.15) is 5.10 Å². The van der Waals surface area contributed by atoms with Crippen molar-refractivity contribution >= 4 is 27.7 Å². The molecule has 1 aliphatic rings. The second kappa shape index (κ2) is 6.49. The lowest BCUT2D eigenvalue weighted by atomic mass is 9.94. The molecule has 27 heavy (non-hydrogen) atoms. The second-order valence-corrected chi connectivity index (χ2v) is 8.18. The van der Waals surface area contributed by atoms with Crippen LogP contribution in [0.5, 0.6) is 0 Å². The maximum atomic E-state index is 13.0. The van der Waals surface area contributed by atoms with Crippen molar-refractivity contribution in [2.24, 2.45) is 0 Å². The molecule has 1 aromatic carbocycles. The molecule has 3 aromatic rings. The van der Waals surface area contributed by atoms with E-state index in [0.717, 1.165) is 5.69 Å². The van der Waals surface area contributed by atoms with Crippen LogP contribution in [-0.4, -0.2) is 43.1 Å². The number of hydrogen-bond donors (Lipinski definition) is 1. The summed E-state index contributed by atoms with van der Waals surface area (Å²) >= 11 is 0. The predicted molar refractivity (Wildman–Crippen MR) is 96.6 cm³/mol. The van der Waals surface area contributed by atoms with E-state index in [2.05, 4.69) is 15.4 Å². The number of carbonyl (C=O) groups excluding carboxylic acids is 1. The largest absolute Gasteiger partial charge is 0.355 e. The molecule has 2 heterocycles. The first-order valence-electron chi connectivity index (χ1n) is 8.33. The third-order valence-corrected chi connectivity index (χ3v) is 6.20. The number of carbonyl (C=O) groups is 1. The molecule has 0 spiro atoms. The van der Waals surface area contributed by atoms with Gasteiger partial charge >= 0.3 is 0 Å². The number of aromatic nitrogens is 3. The lowest BCUT2D eigenvalue weighted by molar-refractivity contribution is -0.0676. The van der Waals surface area contributed by atoms with Crippen molar-refractivity contribution < 1.29 is 17.8 Å². The summed E-state index contributed by atoms with van der Waals surface area (Å²) in [4.78, 5) is 16.4. The molecule has 1 aliphatic carbocycles. The number of pyridine rings is 1. The Kier molecular flexibility index (Phi) is 4.26. The van der Waals surface area contributed by atoms with E-state index in [1.807, 2.05) is 0 Å². The second-order valence-electron chi connectivity index (χ2n) is 6.45. The molecule has 0 unspecified atom stereocenters. The average molecular weight is 390 g/mol. The van der Waals surface area contributed by atoms with E-state index in [0.29, 0.717) is 21.5 Å². The smallest absolute Gasteiger partial charge is 0.251 e. The fourth-order valence-electron chi connectivity index (χ4n) is 3.05. The SMILES string of the molecule is CNC(=O)c1ccc(-n2ncc3cc([S@@](=O)C4CC(F)(F)C4)cnc32)cc1. The highest BCUT2D eigenvalue weighted by Gasteiger charge is 2.48. The maximum absolute atomic E-state index is 13.0. The Morgan fingerprint density at radius 2 is 1.96 bits per heavy atom. The van der Waals surface area contributed by atoms with Crippen molar-refractivity contribution in [3.05, 3.63) is 48.3 Å². The molecule has 1 N–H and O–H groups in total. The molecule has 0 bridgehead atoms. The quantitative estimate of drug-likeness (QED) is 0.743. The fourth-order valence-corrected chi connectivity index (χ4v) is 4.62. The van der Waals surface area contributed by atoms with Gasteiger partial charge in [0.05, 0.1) is 32.8 Å². The molecular formula is C18H16F2N4O2S. The minimum Gasteiger partial charge on any atom is -0.355 e. The van der Waals surface area contributed by atoms with Crippen molar-refractivity contribution in [3.63, 3.8) is 0 Å². The van der Waals surface area contributed by atoms with Gasteiger partial charge in [-0.25, -0.2) is 18.4 Å². The van der Waals surface area contributed by atoms with E-state index >= 15 is 0 Å². The van der Waals surface area contributed by atoms with E-state index in [4.69, 9.17) is 0 Å². The Balaban J connectivity index is 1.61. The molecular weight excluding hydrogens is 374 g/mol. The highest BCUT2D eigenvalue weighted by Crippen LogP contribution is 2.42. The normalized spacial score (nSPS) is 17.4. The number of nitrogens with zero attached hydrogens (tertiary/aromatic N) is 3. The van der Waals surface area contributed by atoms with Crippen LogP contribution in [-0.2, 0) is 10.8 Å². The molecule has 1 atom stereocenters. The van der Waals surface area contributed by atoms with E-state index in [9.17, 15) is 17.8 Å². The highest BCUT2D eigenvalue weighted by molar-refractivity contribution is 7.85. The van der Waals surface area contributed by atoms with E-state index in [1.165, 1.54) is 6.20 Å². The van der Waals surface area contributed by atoms with Crippen molar-refractivity contribution in [2.75, 3.05) is 7.05 Å². The summed E-state index contributed by atoms with van der Waals surface area (Å²) in [6, 6.07) is 8.55. The molecule has 1 amide bonds. The van der Waals surface area contributed by atoms with Gasteiger partial charge in [-0.1, -0.05) is 0 Å². The van der Waals surface area contributed by atoms with Crippen molar-refractivity contribution in [1.29, 1.82) is 0 Å². The average Bonchev–Trinajstić information content (AvgIpc) is 3.08. The first-order valence-corrected chi connectivity index (χ1v) is 9.54. The Bertz CT molecular complexity index is 1040. The minimum absolute atomic E-state index is 0.182. The van der Waals surface area contributed by atoms with E-state index in [-0.39, 0.29) is 18.7 Å². The predicted octanol–water partition coefficient (Wildman–Crippen LogP) is 2.69. The van der Waals surface area contributed by atoms with Gasteiger partial charge in [0.25, 0.3) is 11.8 Å². The van der Waals surface area contributed by atoms with Gasteiger partial charge in [0, 0.05) is 37.0 Å². The lowest BCUT2D eigenvalue weighted by Gasteiger charge is -2.33. The maximum Gasteiger partial charge on any atom is 0.251 e. The van der Waals surface area contributed by atoms with Crippen molar-refractivity contribution in [2.45, 2.75) is 28.9 Å². The van der Waals surface area contributed by atoms with Gasteiger partial charge in [-0.05, 0) is 30.3 Å². The number of amides is 1. The number of hydrogen-bond acceptors (Lipinski definition) is 4. The monoisotopic (exact) mass is 390 g/mol. The van der Waals surface area contributed by atoms with Crippen LogP contribution in [0.1, 0.15) is 23.2 Å². The Labute approximate surface area is 156 Å². The standard InChI is InChI=1S/C18H16F2N4O2S/c1-21-17(25)11-2-4-13(5-3-11)24-16-12(9-23-24)6-14(10-22-16)27(26)15-7-18(19,20)8-15/h2-6,9-10,15H,7-8H2,1H3,(H,21,25)/t27-/m1/s1. The molecule has 1 fully saturated rings. The van der Waals surface area contributed by atoms with Crippen LogP contribution in [0.2, 0.25) is 0 Å². The molecule has 0 saturated heterocycles. The Hall–Kier alpha value is -2.68. The third-order valence-electron chi connectivity index (χ3n) is 4.57. The summed E-state index contributed by atoms with van der Waals surface area (Å²) in [5.41, 5.74) is 1.81. The molecule has 0 radical (unpaired) electrons. The number of rotatable bonds is 4. The van der Waals surface area contributed by atoms with E-state index in [1.54, 1.807) is 48.3 Å².